The highest BCUT2D eigenvalue weighted by Gasteiger charge is 2.74. The molecule has 4 aliphatic rings. The van der Waals surface area contributed by atoms with E-state index in [0.29, 0.717) is 12.0 Å². The molecule has 0 aromatic rings. The van der Waals surface area contributed by atoms with Crippen molar-refractivity contribution in [2.45, 2.75) is 78.1 Å². The van der Waals surface area contributed by atoms with Crippen LogP contribution in [0.3, 0.4) is 0 Å². The van der Waals surface area contributed by atoms with Gasteiger partial charge in [0.2, 0.25) is 0 Å². The summed E-state index contributed by atoms with van der Waals surface area (Å²) in [5.74, 6) is -0.570. The van der Waals surface area contributed by atoms with Crippen LogP contribution in [0, 0.1) is 34.0 Å². The van der Waals surface area contributed by atoms with Crippen molar-refractivity contribution in [3.8, 4) is 0 Å². The molecule has 4 rings (SSSR count). The molecule has 0 saturated heterocycles. The zero-order chi connectivity index (χ0) is 19.9. The van der Waals surface area contributed by atoms with Gasteiger partial charge in [-0.2, -0.15) is 0 Å². The molecule has 0 aromatic carbocycles. The van der Waals surface area contributed by atoms with Crippen LogP contribution in [0.25, 0.3) is 0 Å². The third-order valence-electron chi connectivity index (χ3n) is 8.93. The molecule has 4 fully saturated rings. The molecule has 4 saturated carbocycles. The van der Waals surface area contributed by atoms with Crippen LogP contribution >= 0.6 is 0 Å². The zero-order valence-corrected chi connectivity index (χ0v) is 16.8. The average Bonchev–Trinajstić information content (AvgIpc) is 2.69. The van der Waals surface area contributed by atoms with Crippen molar-refractivity contribution in [2.75, 3.05) is 0 Å². The van der Waals surface area contributed by atoms with Crippen molar-refractivity contribution >= 4 is 11.8 Å². The molecule has 27 heavy (non-hydrogen) atoms. The Hall–Kier alpha value is -1.20. The first-order chi connectivity index (χ1) is 12.5. The number of ether oxygens (including phenoxy) is 1. The monoisotopic (exact) mass is 376 g/mol. The van der Waals surface area contributed by atoms with Crippen molar-refractivity contribution < 1.29 is 24.5 Å². The Morgan fingerprint density at radius 1 is 1.15 bits per heavy atom. The van der Waals surface area contributed by atoms with Crippen LogP contribution in [0.1, 0.15) is 59.8 Å². The van der Waals surface area contributed by atoms with Gasteiger partial charge in [-0.25, -0.2) is 0 Å². The summed E-state index contributed by atoms with van der Waals surface area (Å²) in [6, 6.07) is 0. The highest BCUT2D eigenvalue weighted by molar-refractivity contribution is 6.04. The maximum absolute atomic E-state index is 13.3. The molecule has 8 atom stereocenters. The van der Waals surface area contributed by atoms with Crippen molar-refractivity contribution in [1.82, 2.24) is 0 Å². The van der Waals surface area contributed by atoms with Crippen LogP contribution in [-0.2, 0) is 14.3 Å². The lowest BCUT2D eigenvalue weighted by atomic mass is 9.39. The number of aliphatic hydroxyl groups is 2. The van der Waals surface area contributed by atoms with E-state index in [1.54, 1.807) is 0 Å². The van der Waals surface area contributed by atoms with Crippen LogP contribution in [0.5, 0.6) is 0 Å². The molecular weight excluding hydrogens is 344 g/mol. The molecule has 0 radical (unpaired) electrons. The molecule has 2 bridgehead atoms. The number of rotatable bonds is 1. The van der Waals surface area contributed by atoms with Gasteiger partial charge in [-0.1, -0.05) is 27.4 Å². The fraction of sp³-hybridized carbons (Fsp3) is 0.818. The van der Waals surface area contributed by atoms with Crippen LogP contribution in [0.15, 0.2) is 12.2 Å². The molecule has 5 nitrogen and oxygen atoms in total. The first-order valence-corrected chi connectivity index (χ1v) is 10.3. The fourth-order valence-corrected chi connectivity index (χ4v) is 7.72. The highest BCUT2D eigenvalue weighted by Crippen LogP contribution is 2.71. The fourth-order valence-electron chi connectivity index (χ4n) is 7.72. The number of Topliss-reactive ketones (excluding diaryl/α,β-unsaturated/α-hetero) is 1. The molecule has 0 aromatic heterocycles. The minimum absolute atomic E-state index is 0.0747. The lowest BCUT2D eigenvalue weighted by Gasteiger charge is -2.66. The summed E-state index contributed by atoms with van der Waals surface area (Å²) in [5.41, 5.74) is -1.10. The van der Waals surface area contributed by atoms with E-state index in [1.165, 1.54) is 6.92 Å². The standard InChI is InChI=1S/C22H32O5/c1-11-13-6-7-14-21(5)9-8-17(27-12(2)23)20(3,4)15(21)10-16(24)22(14,18(11)25)19(13)26/h13-17,19,24,26H,1,6-10H2,2-5H3/t13-,14-,15+,16+,17-,19+,21-,22-/m0/s1. The number of fused-ring (bicyclic) bond motifs is 3. The van der Waals surface area contributed by atoms with E-state index in [2.05, 4.69) is 27.4 Å². The lowest BCUT2D eigenvalue weighted by Crippen LogP contribution is -2.68. The summed E-state index contributed by atoms with van der Waals surface area (Å²) in [6.07, 6.45) is 1.68. The molecule has 0 amide bonds. The van der Waals surface area contributed by atoms with Gasteiger partial charge in [0, 0.05) is 18.3 Å². The summed E-state index contributed by atoms with van der Waals surface area (Å²) >= 11 is 0. The summed E-state index contributed by atoms with van der Waals surface area (Å²) in [5, 5.41) is 22.4. The molecule has 2 N–H and O–H groups in total. The number of esters is 1. The zero-order valence-electron chi connectivity index (χ0n) is 16.8. The van der Waals surface area contributed by atoms with E-state index in [-0.39, 0.29) is 46.4 Å². The average molecular weight is 376 g/mol. The quantitative estimate of drug-likeness (QED) is 0.543. The van der Waals surface area contributed by atoms with Gasteiger partial charge in [-0.15, -0.1) is 0 Å². The van der Waals surface area contributed by atoms with Crippen LogP contribution < -0.4 is 0 Å². The Labute approximate surface area is 161 Å². The van der Waals surface area contributed by atoms with Gasteiger partial charge in [-0.05, 0) is 54.9 Å². The van der Waals surface area contributed by atoms with Crippen molar-refractivity contribution in [3.05, 3.63) is 12.2 Å². The number of aliphatic hydroxyl groups excluding tert-OH is 2. The highest BCUT2D eigenvalue weighted by atomic mass is 16.5. The molecule has 5 heteroatoms. The summed E-state index contributed by atoms with van der Waals surface area (Å²) in [4.78, 5) is 24.9. The van der Waals surface area contributed by atoms with Gasteiger partial charge in [0.1, 0.15) is 6.10 Å². The van der Waals surface area contributed by atoms with Gasteiger partial charge >= 0.3 is 5.97 Å². The maximum Gasteiger partial charge on any atom is 0.302 e. The summed E-state index contributed by atoms with van der Waals surface area (Å²) < 4.78 is 5.64. The van der Waals surface area contributed by atoms with Gasteiger partial charge in [0.05, 0.1) is 17.6 Å². The SMILES string of the molecule is C=C1C(=O)[C@@]23[C@H](O)C[C@@H]4C(C)(C)[C@@H](OC(C)=O)CC[C@@]4(C)[C@@H]2CC[C@@H]1[C@H]3O. The minimum Gasteiger partial charge on any atom is -0.462 e. The normalized spacial score (nSPS) is 50.7. The number of hydrogen-bond donors (Lipinski definition) is 2. The number of carbonyl (C=O) groups excluding carboxylic acids is 2. The molecule has 0 aliphatic heterocycles. The second-order valence-electron chi connectivity index (χ2n) is 10.2. The predicted molar refractivity (Wildman–Crippen MR) is 99.6 cm³/mol. The first kappa shape index (κ1) is 19.1. The molecule has 4 aliphatic carbocycles. The van der Waals surface area contributed by atoms with Crippen molar-refractivity contribution in [1.29, 1.82) is 0 Å². The van der Waals surface area contributed by atoms with Crippen LogP contribution in [0.4, 0.5) is 0 Å². The largest absolute Gasteiger partial charge is 0.462 e. The maximum atomic E-state index is 13.3. The third kappa shape index (κ3) is 2.13. The van der Waals surface area contributed by atoms with E-state index in [1.807, 2.05) is 0 Å². The number of ketones is 1. The van der Waals surface area contributed by atoms with Gasteiger partial charge in [0.15, 0.2) is 5.78 Å². The smallest absolute Gasteiger partial charge is 0.302 e. The molecular formula is C22H32O5. The van der Waals surface area contributed by atoms with E-state index in [4.69, 9.17) is 4.74 Å². The van der Waals surface area contributed by atoms with Gasteiger partial charge in [0.25, 0.3) is 0 Å². The van der Waals surface area contributed by atoms with Crippen LogP contribution in [-0.4, -0.2) is 40.3 Å². The second-order valence-corrected chi connectivity index (χ2v) is 10.2. The van der Waals surface area contributed by atoms with Crippen molar-refractivity contribution in [2.24, 2.45) is 34.0 Å². The van der Waals surface area contributed by atoms with E-state index in [9.17, 15) is 19.8 Å². The third-order valence-corrected chi connectivity index (χ3v) is 8.93. The van der Waals surface area contributed by atoms with E-state index in [0.717, 1.165) is 25.7 Å². The number of hydrogen-bond acceptors (Lipinski definition) is 5. The first-order valence-electron chi connectivity index (χ1n) is 10.3. The second kappa shape index (κ2) is 5.66. The summed E-state index contributed by atoms with van der Waals surface area (Å²) in [6.45, 7) is 11.9. The summed E-state index contributed by atoms with van der Waals surface area (Å²) in [7, 11) is 0. The Morgan fingerprint density at radius 3 is 2.44 bits per heavy atom. The molecule has 0 unspecified atom stereocenters. The Balaban J connectivity index is 1.79. The van der Waals surface area contributed by atoms with E-state index >= 15 is 0 Å². The Morgan fingerprint density at radius 2 is 1.81 bits per heavy atom. The van der Waals surface area contributed by atoms with Gasteiger partial charge in [-0.3, -0.25) is 9.59 Å². The molecule has 150 valence electrons. The molecule has 1 spiro atoms. The predicted octanol–water partition coefficient (Wildman–Crippen LogP) is 2.64. The number of carbonyl (C=O) groups is 2. The minimum atomic E-state index is -1.10. The van der Waals surface area contributed by atoms with Crippen molar-refractivity contribution in [3.63, 3.8) is 0 Å². The molecule has 0 heterocycles. The van der Waals surface area contributed by atoms with Gasteiger partial charge < -0.3 is 14.9 Å². The lowest BCUT2D eigenvalue weighted by molar-refractivity contribution is -0.242. The Bertz CT molecular complexity index is 711. The van der Waals surface area contributed by atoms with Crippen LogP contribution in [0.2, 0.25) is 0 Å². The topological polar surface area (TPSA) is 83.8 Å². The Kier molecular flexibility index (Phi) is 4.01. The van der Waals surface area contributed by atoms with E-state index < -0.39 is 17.6 Å².